The van der Waals surface area contributed by atoms with Crippen LogP contribution in [0.15, 0.2) is 54.6 Å². The van der Waals surface area contributed by atoms with E-state index in [0.717, 1.165) is 28.4 Å². The number of halogens is 2. The molecule has 0 aliphatic rings. The van der Waals surface area contributed by atoms with Crippen molar-refractivity contribution in [3.63, 3.8) is 0 Å². The van der Waals surface area contributed by atoms with Crippen LogP contribution in [0, 0.1) is 11.6 Å². The van der Waals surface area contributed by atoms with Gasteiger partial charge in [0.2, 0.25) is 0 Å². The van der Waals surface area contributed by atoms with Crippen LogP contribution in [0.1, 0.15) is 9.67 Å². The maximum atomic E-state index is 13.7. The summed E-state index contributed by atoms with van der Waals surface area (Å²) < 4.78 is 27.3. The van der Waals surface area contributed by atoms with Crippen molar-refractivity contribution < 1.29 is 13.6 Å². The molecule has 6 heteroatoms. The van der Waals surface area contributed by atoms with Crippen LogP contribution in [0.3, 0.4) is 0 Å². The van der Waals surface area contributed by atoms with E-state index in [4.69, 9.17) is 0 Å². The number of nitrogens with zero attached hydrogens (tertiary/aromatic N) is 1. The molecule has 2 heterocycles. The van der Waals surface area contributed by atoms with E-state index in [0.29, 0.717) is 9.71 Å². The number of fused-ring (bicyclic) bond motifs is 2. The van der Waals surface area contributed by atoms with Crippen molar-refractivity contribution >= 4 is 44.1 Å². The Labute approximate surface area is 139 Å². The molecule has 1 N–H and O–H groups in total. The second kappa shape index (κ2) is 5.65. The highest BCUT2D eigenvalue weighted by Crippen LogP contribution is 2.28. The van der Waals surface area contributed by atoms with E-state index in [2.05, 4.69) is 10.3 Å². The molecular weight excluding hydrogens is 330 g/mol. The van der Waals surface area contributed by atoms with Crippen LogP contribution < -0.4 is 5.32 Å². The van der Waals surface area contributed by atoms with Crippen molar-refractivity contribution in [2.45, 2.75) is 0 Å². The van der Waals surface area contributed by atoms with Gasteiger partial charge in [0.15, 0.2) is 0 Å². The molecule has 24 heavy (non-hydrogen) atoms. The fourth-order valence-corrected chi connectivity index (χ4v) is 3.40. The zero-order chi connectivity index (χ0) is 16.7. The fourth-order valence-electron chi connectivity index (χ4n) is 2.48. The van der Waals surface area contributed by atoms with Gasteiger partial charge in [-0.2, -0.15) is 0 Å². The minimum absolute atomic E-state index is 0.343. The molecule has 2 aromatic heterocycles. The molecular formula is C18H10F2N2OS. The first-order chi connectivity index (χ1) is 11.6. The Morgan fingerprint density at radius 2 is 1.71 bits per heavy atom. The second-order valence-electron chi connectivity index (χ2n) is 5.24. The van der Waals surface area contributed by atoms with Gasteiger partial charge in [-0.25, -0.2) is 13.8 Å². The van der Waals surface area contributed by atoms with E-state index in [9.17, 15) is 13.6 Å². The van der Waals surface area contributed by atoms with E-state index in [1.165, 1.54) is 17.4 Å². The largest absolute Gasteiger partial charge is 0.316 e. The molecule has 4 rings (SSSR count). The molecule has 0 bridgehead atoms. The van der Waals surface area contributed by atoms with Gasteiger partial charge in [0.1, 0.15) is 22.2 Å². The van der Waals surface area contributed by atoms with Gasteiger partial charge in [0.05, 0.1) is 10.4 Å². The molecule has 118 valence electrons. The Bertz CT molecular complexity index is 1020. The highest BCUT2D eigenvalue weighted by Gasteiger charge is 2.16. The summed E-state index contributed by atoms with van der Waals surface area (Å²) in [6.45, 7) is 0. The number of thiophene rings is 1. The quantitative estimate of drug-likeness (QED) is 0.559. The third kappa shape index (κ3) is 2.51. The molecule has 0 unspecified atom stereocenters. The monoisotopic (exact) mass is 340 g/mol. The molecule has 4 aromatic rings. The van der Waals surface area contributed by atoms with Crippen molar-refractivity contribution in [3.05, 3.63) is 71.1 Å². The normalized spacial score (nSPS) is 11.1. The van der Waals surface area contributed by atoms with Gasteiger partial charge in [0, 0.05) is 10.8 Å². The summed E-state index contributed by atoms with van der Waals surface area (Å²) in [6, 6.07) is 14.7. The zero-order valence-electron chi connectivity index (χ0n) is 12.2. The molecule has 0 saturated carbocycles. The topological polar surface area (TPSA) is 42.0 Å². The van der Waals surface area contributed by atoms with Crippen LogP contribution in [0.2, 0.25) is 0 Å². The van der Waals surface area contributed by atoms with E-state index in [-0.39, 0.29) is 0 Å². The predicted molar refractivity (Wildman–Crippen MR) is 91.4 cm³/mol. The summed E-state index contributed by atoms with van der Waals surface area (Å²) in [6.07, 6.45) is 0. The molecule has 0 fully saturated rings. The van der Waals surface area contributed by atoms with Crippen LogP contribution in [0.4, 0.5) is 14.5 Å². The highest BCUT2D eigenvalue weighted by molar-refractivity contribution is 7.20. The first kappa shape index (κ1) is 14.7. The number of benzene rings is 2. The summed E-state index contributed by atoms with van der Waals surface area (Å²) in [7, 11) is 0. The number of nitrogens with one attached hydrogen (secondary N) is 1. The van der Waals surface area contributed by atoms with E-state index >= 15 is 0 Å². The first-order valence-corrected chi connectivity index (χ1v) is 7.98. The lowest BCUT2D eigenvalue weighted by Crippen LogP contribution is -2.12. The van der Waals surface area contributed by atoms with Crippen molar-refractivity contribution in [1.29, 1.82) is 0 Å². The molecule has 0 saturated heterocycles. The molecule has 0 aliphatic heterocycles. The minimum atomic E-state index is -0.812. The van der Waals surface area contributed by atoms with E-state index < -0.39 is 23.2 Å². The molecule has 2 aromatic carbocycles. The second-order valence-corrected chi connectivity index (χ2v) is 6.27. The lowest BCUT2D eigenvalue weighted by atomic mass is 10.2. The number of hydrogen-bond donors (Lipinski definition) is 1. The number of carbonyl (C=O) groups is 1. The minimum Gasteiger partial charge on any atom is -0.316 e. The van der Waals surface area contributed by atoms with Gasteiger partial charge < -0.3 is 5.32 Å². The Kier molecular flexibility index (Phi) is 3.46. The lowest BCUT2D eigenvalue weighted by Gasteiger charge is -2.05. The molecule has 0 aliphatic carbocycles. The third-order valence-corrected chi connectivity index (χ3v) is 4.68. The van der Waals surface area contributed by atoms with Crippen LogP contribution in [-0.4, -0.2) is 10.9 Å². The van der Waals surface area contributed by atoms with Crippen molar-refractivity contribution in [2.24, 2.45) is 0 Å². The predicted octanol–water partition coefficient (Wildman–Crippen LogP) is 4.98. The summed E-state index contributed by atoms with van der Waals surface area (Å²) in [5.41, 5.74) is 0.386. The molecule has 0 spiro atoms. The molecule has 0 radical (unpaired) electrons. The van der Waals surface area contributed by atoms with Crippen LogP contribution in [0.25, 0.3) is 21.1 Å². The van der Waals surface area contributed by atoms with Crippen molar-refractivity contribution in [2.75, 3.05) is 5.32 Å². The summed E-state index contributed by atoms with van der Waals surface area (Å²) >= 11 is 1.18. The SMILES string of the molecule is O=C(Nc1c(F)cccc1F)c1cc2cc3ccccc3nc2s1. The van der Waals surface area contributed by atoms with Crippen molar-refractivity contribution in [1.82, 2.24) is 4.98 Å². The maximum absolute atomic E-state index is 13.7. The number of hydrogen-bond acceptors (Lipinski definition) is 3. The fraction of sp³-hybridized carbons (Fsp3) is 0. The molecule has 0 atom stereocenters. The number of pyridine rings is 1. The van der Waals surface area contributed by atoms with Gasteiger partial charge in [0.25, 0.3) is 5.91 Å². The van der Waals surface area contributed by atoms with Gasteiger partial charge in [-0.3, -0.25) is 4.79 Å². The Morgan fingerprint density at radius 3 is 2.50 bits per heavy atom. The number of anilines is 1. The van der Waals surface area contributed by atoms with Crippen LogP contribution >= 0.6 is 11.3 Å². The smallest absolute Gasteiger partial charge is 0.265 e. The van der Waals surface area contributed by atoms with E-state index in [1.807, 2.05) is 30.3 Å². The number of para-hydroxylation sites is 2. The Morgan fingerprint density at radius 1 is 0.958 bits per heavy atom. The van der Waals surface area contributed by atoms with Crippen LogP contribution in [-0.2, 0) is 0 Å². The first-order valence-electron chi connectivity index (χ1n) is 7.16. The number of rotatable bonds is 2. The standard InChI is InChI=1S/C18H10F2N2OS/c19-12-5-3-6-13(20)16(12)22-17(23)15-9-11-8-10-4-1-2-7-14(10)21-18(11)24-15/h1-9H,(H,22,23). The average Bonchev–Trinajstić information content (AvgIpc) is 2.99. The van der Waals surface area contributed by atoms with E-state index in [1.54, 1.807) is 6.07 Å². The summed E-state index contributed by atoms with van der Waals surface area (Å²) in [5.74, 6) is -2.19. The highest BCUT2D eigenvalue weighted by atomic mass is 32.1. The van der Waals surface area contributed by atoms with Crippen LogP contribution in [0.5, 0.6) is 0 Å². The number of aromatic nitrogens is 1. The Hall–Kier alpha value is -2.86. The average molecular weight is 340 g/mol. The number of amides is 1. The van der Waals surface area contributed by atoms with Gasteiger partial charge in [-0.1, -0.05) is 24.3 Å². The zero-order valence-corrected chi connectivity index (χ0v) is 13.0. The summed E-state index contributed by atoms with van der Waals surface area (Å²) in [5, 5.41) is 4.08. The van der Waals surface area contributed by atoms with Gasteiger partial charge in [-0.05, 0) is 30.3 Å². The summed E-state index contributed by atoms with van der Waals surface area (Å²) in [4.78, 5) is 17.9. The lowest BCUT2D eigenvalue weighted by molar-refractivity contribution is 0.102. The molecule has 3 nitrogen and oxygen atoms in total. The van der Waals surface area contributed by atoms with Gasteiger partial charge in [-0.15, -0.1) is 11.3 Å². The molecule has 1 amide bonds. The Balaban J connectivity index is 1.73. The maximum Gasteiger partial charge on any atom is 0.265 e. The number of carbonyl (C=O) groups excluding carboxylic acids is 1. The third-order valence-electron chi connectivity index (χ3n) is 3.64. The van der Waals surface area contributed by atoms with Crippen molar-refractivity contribution in [3.8, 4) is 0 Å². The van der Waals surface area contributed by atoms with Gasteiger partial charge >= 0.3 is 0 Å².